The minimum Gasteiger partial charge on any atom is -0.368 e. The quantitative estimate of drug-likeness (QED) is 0.562. The highest BCUT2D eigenvalue weighted by molar-refractivity contribution is 7.89. The van der Waals surface area contributed by atoms with Crippen LogP contribution in [0.4, 0.5) is 11.4 Å². The number of carbonyl (C=O) groups is 1. The van der Waals surface area contributed by atoms with Crippen molar-refractivity contribution in [2.24, 2.45) is 0 Å². The molecular formula is C19H22N4O5S. The molecule has 0 aromatic heterocycles. The van der Waals surface area contributed by atoms with Crippen LogP contribution in [0.15, 0.2) is 53.4 Å². The molecule has 0 aliphatic carbocycles. The third-order valence-electron chi connectivity index (χ3n) is 4.91. The molecule has 154 valence electrons. The zero-order valence-corrected chi connectivity index (χ0v) is 16.8. The molecule has 1 N–H and O–H groups in total. The molecule has 10 heteroatoms. The zero-order chi connectivity index (χ0) is 21.0. The van der Waals surface area contributed by atoms with E-state index in [9.17, 15) is 23.3 Å². The van der Waals surface area contributed by atoms with Gasteiger partial charge in [0.15, 0.2) is 0 Å². The van der Waals surface area contributed by atoms with Crippen LogP contribution >= 0.6 is 0 Å². The Morgan fingerprint density at radius 1 is 1.07 bits per heavy atom. The lowest BCUT2D eigenvalue weighted by Gasteiger charge is -2.36. The fourth-order valence-corrected chi connectivity index (χ4v) is 4.53. The van der Waals surface area contributed by atoms with Crippen LogP contribution in [0, 0.1) is 17.0 Å². The van der Waals surface area contributed by atoms with Gasteiger partial charge in [0.1, 0.15) is 0 Å². The van der Waals surface area contributed by atoms with Gasteiger partial charge < -0.3 is 9.80 Å². The molecule has 2 aromatic carbocycles. The molecule has 0 atom stereocenters. The Labute approximate surface area is 169 Å². The predicted molar refractivity (Wildman–Crippen MR) is 108 cm³/mol. The Bertz CT molecular complexity index is 1000. The maximum absolute atomic E-state index is 12.5. The molecule has 29 heavy (non-hydrogen) atoms. The number of anilines is 1. The monoisotopic (exact) mass is 418 g/mol. The summed E-state index contributed by atoms with van der Waals surface area (Å²) in [5.74, 6) is -0.329. The number of nitrogens with one attached hydrogen (secondary N) is 1. The van der Waals surface area contributed by atoms with E-state index in [1.165, 1.54) is 25.1 Å². The lowest BCUT2D eigenvalue weighted by atomic mass is 10.2. The van der Waals surface area contributed by atoms with Crippen molar-refractivity contribution < 1.29 is 18.1 Å². The van der Waals surface area contributed by atoms with Crippen molar-refractivity contribution in [1.82, 2.24) is 9.62 Å². The smallest absolute Gasteiger partial charge is 0.273 e. The summed E-state index contributed by atoms with van der Waals surface area (Å²) in [5.41, 5.74) is 0.839. The Balaban J connectivity index is 1.60. The molecule has 0 bridgehead atoms. The fourth-order valence-electron chi connectivity index (χ4n) is 3.29. The number of benzene rings is 2. The van der Waals surface area contributed by atoms with Crippen LogP contribution in [0.1, 0.15) is 5.56 Å². The topological polar surface area (TPSA) is 113 Å². The summed E-state index contributed by atoms with van der Waals surface area (Å²) < 4.78 is 27.3. The normalized spacial score (nSPS) is 14.7. The highest BCUT2D eigenvalue weighted by Gasteiger charge is 2.26. The first-order valence-corrected chi connectivity index (χ1v) is 10.6. The highest BCUT2D eigenvalue weighted by atomic mass is 32.2. The number of nitro groups is 1. The third kappa shape index (κ3) is 4.72. The Morgan fingerprint density at radius 2 is 1.72 bits per heavy atom. The number of amides is 1. The zero-order valence-electron chi connectivity index (χ0n) is 15.9. The van der Waals surface area contributed by atoms with Crippen molar-refractivity contribution in [3.8, 4) is 0 Å². The number of sulfonamides is 1. The van der Waals surface area contributed by atoms with E-state index >= 15 is 0 Å². The number of piperazine rings is 1. The summed E-state index contributed by atoms with van der Waals surface area (Å²) in [4.78, 5) is 26.4. The summed E-state index contributed by atoms with van der Waals surface area (Å²) in [5, 5.41) is 11.0. The maximum Gasteiger partial charge on any atom is 0.273 e. The molecule has 0 spiro atoms. The van der Waals surface area contributed by atoms with Crippen molar-refractivity contribution in [2.45, 2.75) is 11.8 Å². The van der Waals surface area contributed by atoms with Gasteiger partial charge in [-0.3, -0.25) is 14.9 Å². The molecule has 9 nitrogen and oxygen atoms in total. The second-order valence-electron chi connectivity index (χ2n) is 6.69. The van der Waals surface area contributed by atoms with E-state index < -0.39 is 21.5 Å². The molecule has 0 radical (unpaired) electrons. The summed E-state index contributed by atoms with van der Waals surface area (Å²) in [7, 11) is -4.05. The van der Waals surface area contributed by atoms with Gasteiger partial charge in [0.05, 0.1) is 16.4 Å². The molecular weight excluding hydrogens is 396 g/mol. The first kappa shape index (κ1) is 20.7. The van der Waals surface area contributed by atoms with Crippen LogP contribution in [0.25, 0.3) is 0 Å². The van der Waals surface area contributed by atoms with Crippen LogP contribution in [0.3, 0.4) is 0 Å². The first-order valence-electron chi connectivity index (χ1n) is 9.11. The van der Waals surface area contributed by atoms with Crippen molar-refractivity contribution in [1.29, 1.82) is 0 Å². The second kappa shape index (κ2) is 8.58. The van der Waals surface area contributed by atoms with Crippen molar-refractivity contribution >= 4 is 27.3 Å². The predicted octanol–water partition coefficient (Wildman–Crippen LogP) is 1.53. The van der Waals surface area contributed by atoms with E-state index in [-0.39, 0.29) is 22.1 Å². The highest BCUT2D eigenvalue weighted by Crippen LogP contribution is 2.24. The van der Waals surface area contributed by atoms with E-state index in [4.69, 9.17) is 0 Å². The van der Waals surface area contributed by atoms with Gasteiger partial charge in [-0.25, -0.2) is 13.1 Å². The Morgan fingerprint density at radius 3 is 2.34 bits per heavy atom. The second-order valence-corrected chi connectivity index (χ2v) is 8.42. The fraction of sp³-hybridized carbons (Fsp3) is 0.316. The number of hydrogen-bond acceptors (Lipinski definition) is 6. The summed E-state index contributed by atoms with van der Waals surface area (Å²) in [6.07, 6.45) is 0. The van der Waals surface area contributed by atoms with E-state index in [2.05, 4.69) is 9.62 Å². The Hall–Kier alpha value is -2.98. The van der Waals surface area contributed by atoms with Gasteiger partial charge in [-0.2, -0.15) is 0 Å². The summed E-state index contributed by atoms with van der Waals surface area (Å²) in [6.45, 7) is 3.28. The molecule has 1 fully saturated rings. The molecule has 1 amide bonds. The van der Waals surface area contributed by atoms with Gasteiger partial charge in [-0.15, -0.1) is 0 Å². The molecule has 0 saturated carbocycles. The van der Waals surface area contributed by atoms with Crippen molar-refractivity contribution in [3.05, 3.63) is 64.2 Å². The molecule has 3 rings (SSSR count). The SMILES string of the molecule is Cc1c([N+](=O)[O-])cccc1S(=O)(=O)NCC(=O)N1CCN(c2ccccc2)CC1. The average molecular weight is 418 g/mol. The van der Waals surface area contributed by atoms with Gasteiger partial charge in [0.25, 0.3) is 5.69 Å². The van der Waals surface area contributed by atoms with Crippen molar-refractivity contribution in [2.75, 3.05) is 37.6 Å². The van der Waals surface area contributed by atoms with Crippen LogP contribution in [0.2, 0.25) is 0 Å². The van der Waals surface area contributed by atoms with E-state index in [0.29, 0.717) is 26.2 Å². The van der Waals surface area contributed by atoms with Crippen LogP contribution in [-0.4, -0.2) is 56.9 Å². The standard InChI is InChI=1S/C19H22N4O5S/c1-15-17(23(25)26)8-5-9-18(15)29(27,28)20-14-19(24)22-12-10-21(11-13-22)16-6-3-2-4-7-16/h2-9,20H,10-14H2,1H3. The molecule has 1 aliphatic rings. The number of rotatable bonds is 6. The van der Waals surface area contributed by atoms with Gasteiger partial charge in [-0.1, -0.05) is 24.3 Å². The van der Waals surface area contributed by atoms with Gasteiger partial charge in [0, 0.05) is 43.5 Å². The van der Waals surface area contributed by atoms with Crippen LogP contribution in [0.5, 0.6) is 0 Å². The number of nitro benzene ring substituents is 1. The maximum atomic E-state index is 12.5. The lowest BCUT2D eigenvalue weighted by Crippen LogP contribution is -2.51. The van der Waals surface area contributed by atoms with E-state index in [1.54, 1.807) is 4.90 Å². The number of carbonyl (C=O) groups excluding carboxylic acids is 1. The molecule has 1 aliphatic heterocycles. The lowest BCUT2D eigenvalue weighted by molar-refractivity contribution is -0.385. The third-order valence-corrected chi connectivity index (χ3v) is 6.45. The van der Waals surface area contributed by atoms with Crippen LogP contribution < -0.4 is 9.62 Å². The molecule has 1 heterocycles. The minimum absolute atomic E-state index is 0.0360. The average Bonchev–Trinajstić information content (AvgIpc) is 2.72. The summed E-state index contributed by atoms with van der Waals surface area (Å²) in [6, 6.07) is 13.7. The van der Waals surface area contributed by atoms with Gasteiger partial charge in [0.2, 0.25) is 15.9 Å². The van der Waals surface area contributed by atoms with Gasteiger partial charge in [-0.05, 0) is 25.1 Å². The number of hydrogen-bond donors (Lipinski definition) is 1. The Kier molecular flexibility index (Phi) is 6.14. The van der Waals surface area contributed by atoms with Crippen LogP contribution in [-0.2, 0) is 14.8 Å². The largest absolute Gasteiger partial charge is 0.368 e. The summed E-state index contributed by atoms with van der Waals surface area (Å²) >= 11 is 0. The van der Waals surface area contributed by atoms with E-state index in [1.807, 2.05) is 30.3 Å². The first-order chi connectivity index (χ1) is 13.8. The molecule has 2 aromatic rings. The van der Waals surface area contributed by atoms with Gasteiger partial charge >= 0.3 is 0 Å². The molecule has 0 unspecified atom stereocenters. The van der Waals surface area contributed by atoms with E-state index in [0.717, 1.165) is 5.69 Å². The number of para-hydroxylation sites is 1. The number of nitrogens with zero attached hydrogens (tertiary/aromatic N) is 3. The minimum atomic E-state index is -4.05. The van der Waals surface area contributed by atoms with Crippen molar-refractivity contribution in [3.63, 3.8) is 0 Å². The molecule has 1 saturated heterocycles.